The summed E-state index contributed by atoms with van der Waals surface area (Å²) in [7, 11) is 1.61. The molecule has 0 atom stereocenters. The van der Waals surface area contributed by atoms with Gasteiger partial charge < -0.3 is 19.5 Å². The highest BCUT2D eigenvalue weighted by Crippen LogP contribution is 2.41. The van der Waals surface area contributed by atoms with Gasteiger partial charge >= 0.3 is 12.1 Å². The number of hydrogen-bond acceptors (Lipinski definition) is 7. The van der Waals surface area contributed by atoms with E-state index in [-0.39, 0.29) is 42.1 Å². The lowest BCUT2D eigenvalue weighted by atomic mass is 9.81. The van der Waals surface area contributed by atoms with Crippen molar-refractivity contribution >= 4 is 17.6 Å². The number of carboxylic acids is 1. The zero-order chi connectivity index (χ0) is 33.0. The average molecular weight is 648 g/mol. The van der Waals surface area contributed by atoms with Crippen molar-refractivity contribution in [2.75, 3.05) is 12.0 Å². The summed E-state index contributed by atoms with van der Waals surface area (Å²) in [4.78, 5) is 33.1. The fourth-order valence-electron chi connectivity index (χ4n) is 6.34. The highest BCUT2D eigenvalue weighted by Gasteiger charge is 2.39. The molecule has 14 heteroatoms. The molecule has 1 aromatic carbocycles. The van der Waals surface area contributed by atoms with Gasteiger partial charge in [-0.25, -0.2) is 14.2 Å². The molecular weight excluding hydrogens is 610 g/mol. The Morgan fingerprint density at radius 2 is 1.70 bits per heavy atom. The second-order valence-electron chi connectivity index (χ2n) is 12.1. The fourth-order valence-corrected chi connectivity index (χ4v) is 6.34. The Kier molecular flexibility index (Phi) is 10.2. The number of rotatable bonds is 10. The Hall–Kier alpha value is -4.07. The lowest BCUT2D eigenvalue weighted by molar-refractivity contribution is -0.139. The summed E-state index contributed by atoms with van der Waals surface area (Å²) in [5.74, 6) is -4.44. The Morgan fingerprint density at radius 3 is 2.30 bits per heavy atom. The van der Waals surface area contributed by atoms with E-state index in [1.807, 2.05) is 0 Å². The van der Waals surface area contributed by atoms with E-state index in [1.54, 1.807) is 7.11 Å². The van der Waals surface area contributed by atoms with Crippen molar-refractivity contribution in [1.29, 1.82) is 0 Å². The maximum atomic E-state index is 15.8. The SMILES string of the molecule is COC1CCC(N(C(=O)C2CCC(C)CC2)c2cc(F)c(Oc3ncc(CCn4nccn4)cc3C(F)(F)F)cc2C(=O)O)CC1. The molecule has 0 aliphatic heterocycles. The van der Waals surface area contributed by atoms with Crippen LogP contribution in [-0.2, 0) is 28.7 Å². The van der Waals surface area contributed by atoms with Crippen LogP contribution in [0.15, 0.2) is 36.8 Å². The van der Waals surface area contributed by atoms with Gasteiger partial charge in [0.1, 0.15) is 5.56 Å². The van der Waals surface area contributed by atoms with Gasteiger partial charge in [-0.1, -0.05) is 6.92 Å². The molecule has 2 aromatic heterocycles. The topological polar surface area (TPSA) is 120 Å². The third-order valence-electron chi connectivity index (χ3n) is 8.97. The number of aromatic carboxylic acids is 1. The van der Waals surface area contributed by atoms with Gasteiger partial charge in [0.05, 0.1) is 36.3 Å². The van der Waals surface area contributed by atoms with Gasteiger partial charge in [0.2, 0.25) is 11.8 Å². The number of halogens is 4. The van der Waals surface area contributed by atoms with Crippen molar-refractivity contribution in [3.05, 3.63) is 59.3 Å². The molecule has 2 fully saturated rings. The predicted octanol–water partition coefficient (Wildman–Crippen LogP) is 6.68. The Balaban J connectivity index is 1.48. The van der Waals surface area contributed by atoms with Crippen molar-refractivity contribution < 1.29 is 41.7 Å². The molecule has 0 radical (unpaired) electrons. The van der Waals surface area contributed by atoms with Crippen LogP contribution < -0.4 is 9.64 Å². The standard InChI is InChI=1S/C32H37F4N5O5/c1-19-3-5-21(6-4-19)30(42)41(22-7-9-23(45-2)10-8-22)27-17-26(33)28(16-24(27)31(43)44)46-29-25(32(34,35)36)15-20(18-37-29)11-14-40-38-12-13-39-40/h12-13,15-19,21-23H,3-11,14H2,1-2H3,(H,43,44). The summed E-state index contributed by atoms with van der Waals surface area (Å²) in [5, 5.41) is 18.1. The van der Waals surface area contributed by atoms with Gasteiger partial charge in [-0.3, -0.25) is 4.79 Å². The number of aryl methyl sites for hydroxylation is 2. The van der Waals surface area contributed by atoms with Crippen LogP contribution in [0.2, 0.25) is 0 Å². The molecular formula is C32H37F4N5O5. The number of nitrogens with zero attached hydrogens (tertiary/aromatic N) is 5. The first-order valence-corrected chi connectivity index (χ1v) is 15.4. The van der Waals surface area contributed by atoms with Crippen LogP contribution in [0.25, 0.3) is 0 Å². The molecule has 1 amide bonds. The molecule has 10 nitrogen and oxygen atoms in total. The van der Waals surface area contributed by atoms with E-state index >= 15 is 4.39 Å². The number of carbonyl (C=O) groups is 2. The second kappa shape index (κ2) is 14.1. The Bertz CT molecular complexity index is 1520. The maximum absolute atomic E-state index is 15.8. The van der Waals surface area contributed by atoms with E-state index in [9.17, 15) is 27.9 Å². The fraction of sp³-hybridized carbons (Fsp3) is 0.531. The monoisotopic (exact) mass is 647 g/mol. The first-order valence-electron chi connectivity index (χ1n) is 15.4. The first kappa shape index (κ1) is 33.3. The van der Waals surface area contributed by atoms with Crippen molar-refractivity contribution in [3.63, 3.8) is 0 Å². The van der Waals surface area contributed by atoms with Crippen molar-refractivity contribution in [3.8, 4) is 11.6 Å². The number of alkyl halides is 3. The number of benzene rings is 1. The Labute approximate surface area is 263 Å². The molecule has 2 saturated carbocycles. The van der Waals surface area contributed by atoms with Gasteiger partial charge in [0.15, 0.2) is 11.6 Å². The molecule has 1 N–H and O–H groups in total. The van der Waals surface area contributed by atoms with Crippen molar-refractivity contribution in [1.82, 2.24) is 20.0 Å². The van der Waals surface area contributed by atoms with Gasteiger partial charge in [-0.2, -0.15) is 28.2 Å². The van der Waals surface area contributed by atoms with Crippen molar-refractivity contribution in [2.24, 2.45) is 11.8 Å². The van der Waals surface area contributed by atoms with E-state index in [0.717, 1.165) is 31.0 Å². The molecule has 3 aromatic rings. The minimum atomic E-state index is -4.91. The molecule has 0 spiro atoms. The van der Waals surface area contributed by atoms with Gasteiger partial charge in [-0.15, -0.1) is 0 Å². The molecule has 0 unspecified atom stereocenters. The normalized spacial score (nSPS) is 22.0. The number of anilines is 1. The summed E-state index contributed by atoms with van der Waals surface area (Å²) in [6.45, 7) is 2.32. The molecule has 46 heavy (non-hydrogen) atoms. The van der Waals surface area contributed by atoms with E-state index in [1.165, 1.54) is 28.3 Å². The number of methoxy groups -OCH3 is 1. The minimum Gasteiger partial charge on any atom is -0.478 e. The summed E-state index contributed by atoms with van der Waals surface area (Å²) in [6.07, 6.45) is 4.57. The highest BCUT2D eigenvalue weighted by atomic mass is 19.4. The molecule has 2 heterocycles. The van der Waals surface area contributed by atoms with Crippen LogP contribution >= 0.6 is 0 Å². The van der Waals surface area contributed by atoms with Crippen LogP contribution in [-0.4, -0.2) is 56.2 Å². The number of ether oxygens (including phenoxy) is 2. The molecule has 5 rings (SSSR count). The van der Waals surface area contributed by atoms with E-state index in [4.69, 9.17) is 9.47 Å². The van der Waals surface area contributed by atoms with E-state index < -0.39 is 46.8 Å². The molecule has 2 aliphatic rings. The zero-order valence-corrected chi connectivity index (χ0v) is 25.7. The molecule has 0 bridgehead atoms. The van der Waals surface area contributed by atoms with Gasteiger partial charge in [0, 0.05) is 37.4 Å². The second-order valence-corrected chi connectivity index (χ2v) is 12.1. The predicted molar refractivity (Wildman–Crippen MR) is 158 cm³/mol. The largest absolute Gasteiger partial charge is 0.478 e. The summed E-state index contributed by atoms with van der Waals surface area (Å²) in [5.41, 5.74) is -1.64. The summed E-state index contributed by atoms with van der Waals surface area (Å²) < 4.78 is 68.8. The number of amides is 1. The van der Waals surface area contributed by atoms with E-state index in [0.29, 0.717) is 44.4 Å². The lowest BCUT2D eigenvalue weighted by Crippen LogP contribution is -2.47. The van der Waals surface area contributed by atoms with Crippen LogP contribution in [0.3, 0.4) is 0 Å². The summed E-state index contributed by atoms with van der Waals surface area (Å²) in [6, 6.07) is 2.16. The smallest absolute Gasteiger partial charge is 0.421 e. The third-order valence-corrected chi connectivity index (χ3v) is 8.97. The maximum Gasteiger partial charge on any atom is 0.421 e. The number of pyridine rings is 1. The molecule has 0 saturated heterocycles. The van der Waals surface area contributed by atoms with Crippen LogP contribution in [0.5, 0.6) is 11.6 Å². The average Bonchev–Trinajstić information content (AvgIpc) is 3.55. The quantitative estimate of drug-likeness (QED) is 0.242. The summed E-state index contributed by atoms with van der Waals surface area (Å²) >= 11 is 0. The highest BCUT2D eigenvalue weighted by molar-refractivity contribution is 6.03. The third kappa shape index (κ3) is 7.65. The van der Waals surface area contributed by atoms with Crippen LogP contribution in [0, 0.1) is 17.7 Å². The van der Waals surface area contributed by atoms with Gasteiger partial charge in [0.25, 0.3) is 0 Å². The zero-order valence-electron chi connectivity index (χ0n) is 25.7. The first-order chi connectivity index (χ1) is 21.9. The van der Waals surface area contributed by atoms with Gasteiger partial charge in [-0.05, 0) is 75.3 Å². The Morgan fingerprint density at radius 1 is 1.02 bits per heavy atom. The van der Waals surface area contributed by atoms with E-state index in [2.05, 4.69) is 22.1 Å². The number of carboxylic acid groups (broad SMARTS) is 1. The molecule has 248 valence electrons. The number of carbonyl (C=O) groups excluding carboxylic acids is 1. The minimum absolute atomic E-state index is 0.000804. The van der Waals surface area contributed by atoms with Crippen LogP contribution in [0.4, 0.5) is 23.2 Å². The lowest BCUT2D eigenvalue weighted by Gasteiger charge is -2.40. The number of aromatic nitrogens is 4. The van der Waals surface area contributed by atoms with Crippen LogP contribution in [0.1, 0.15) is 79.8 Å². The van der Waals surface area contributed by atoms with Crippen molar-refractivity contribution in [2.45, 2.75) is 89.6 Å². The number of hydrogen-bond donors (Lipinski definition) is 1. The molecule has 2 aliphatic carbocycles.